The number of hydrogen-bond donors (Lipinski definition) is 1. The van der Waals surface area contributed by atoms with Gasteiger partial charge in [0.25, 0.3) is 0 Å². The van der Waals surface area contributed by atoms with Crippen LogP contribution in [0.1, 0.15) is 17.2 Å². The number of halogens is 1. The second kappa shape index (κ2) is 4.59. The number of benzene rings is 2. The molecule has 0 saturated heterocycles. The Morgan fingerprint density at radius 2 is 1.78 bits per heavy atom. The maximum absolute atomic E-state index is 10.2. The fraction of sp³-hybridized carbons (Fsp3) is 0.0667. The Labute approximate surface area is 114 Å². The predicted octanol–water partition coefficient (Wildman–Crippen LogP) is 3.92. The molecule has 0 fully saturated rings. The molecule has 18 heavy (non-hydrogen) atoms. The summed E-state index contributed by atoms with van der Waals surface area (Å²) in [6, 6.07) is 15.4. The van der Waals surface area contributed by atoms with Crippen LogP contribution in [0.2, 0.25) is 0 Å². The number of hydrogen-bond acceptors (Lipinski definition) is 2. The van der Waals surface area contributed by atoms with Crippen LogP contribution in [0, 0.1) is 0 Å². The van der Waals surface area contributed by atoms with Gasteiger partial charge in [-0.3, -0.25) is 0 Å². The van der Waals surface area contributed by atoms with Gasteiger partial charge >= 0.3 is 0 Å². The first-order chi connectivity index (χ1) is 8.74. The molecule has 0 spiro atoms. The SMILES string of the molecule is OC1/C(=C\c2ccc(Br)cc2)Oc2ccccc21. The van der Waals surface area contributed by atoms with Gasteiger partial charge < -0.3 is 9.84 Å². The highest BCUT2D eigenvalue weighted by Crippen LogP contribution is 2.39. The highest BCUT2D eigenvalue weighted by atomic mass is 79.9. The van der Waals surface area contributed by atoms with E-state index in [1.807, 2.05) is 54.6 Å². The monoisotopic (exact) mass is 302 g/mol. The van der Waals surface area contributed by atoms with Crippen molar-refractivity contribution in [3.8, 4) is 5.75 Å². The lowest BCUT2D eigenvalue weighted by Gasteiger charge is -2.03. The molecule has 2 aromatic carbocycles. The quantitative estimate of drug-likeness (QED) is 0.865. The van der Waals surface area contributed by atoms with Gasteiger partial charge in [-0.2, -0.15) is 0 Å². The molecule has 1 aliphatic rings. The summed E-state index contributed by atoms with van der Waals surface area (Å²) in [5.41, 5.74) is 1.82. The molecule has 3 heteroatoms. The fourth-order valence-electron chi connectivity index (χ4n) is 1.97. The molecule has 2 nitrogen and oxygen atoms in total. The topological polar surface area (TPSA) is 29.5 Å². The minimum absolute atomic E-state index is 0.568. The number of ether oxygens (including phenoxy) is 1. The van der Waals surface area contributed by atoms with Crippen molar-refractivity contribution in [3.63, 3.8) is 0 Å². The first kappa shape index (κ1) is 11.5. The molecule has 0 aromatic heterocycles. The number of fused-ring (bicyclic) bond motifs is 1. The Hall–Kier alpha value is -1.58. The standard InChI is InChI=1S/C15H11BrO2/c16-11-7-5-10(6-8-11)9-14-15(17)12-3-1-2-4-13(12)18-14/h1-9,15,17H/b14-9+. The summed E-state index contributed by atoms with van der Waals surface area (Å²) in [6.07, 6.45) is 1.18. The lowest BCUT2D eigenvalue weighted by molar-refractivity contribution is 0.193. The van der Waals surface area contributed by atoms with Gasteiger partial charge in [0.2, 0.25) is 0 Å². The Balaban J connectivity index is 1.94. The van der Waals surface area contributed by atoms with Crippen molar-refractivity contribution in [2.24, 2.45) is 0 Å². The molecular formula is C15H11BrO2. The summed E-state index contributed by atoms with van der Waals surface area (Å²) >= 11 is 3.39. The normalized spacial score (nSPS) is 19.7. The van der Waals surface area contributed by atoms with Gasteiger partial charge in [-0.25, -0.2) is 0 Å². The molecule has 0 saturated carbocycles. The van der Waals surface area contributed by atoms with Crippen molar-refractivity contribution < 1.29 is 9.84 Å². The molecule has 1 unspecified atom stereocenters. The van der Waals surface area contributed by atoms with E-state index in [4.69, 9.17) is 4.74 Å². The summed E-state index contributed by atoms with van der Waals surface area (Å²) in [4.78, 5) is 0. The highest BCUT2D eigenvalue weighted by molar-refractivity contribution is 9.10. The molecule has 0 amide bonds. The first-order valence-electron chi connectivity index (χ1n) is 5.66. The maximum Gasteiger partial charge on any atom is 0.140 e. The van der Waals surface area contributed by atoms with Crippen LogP contribution in [0.4, 0.5) is 0 Å². The van der Waals surface area contributed by atoms with Gasteiger partial charge in [0.15, 0.2) is 0 Å². The Kier molecular flexibility index (Phi) is 2.94. The van der Waals surface area contributed by atoms with E-state index in [1.54, 1.807) is 0 Å². The summed E-state index contributed by atoms with van der Waals surface area (Å²) in [5.74, 6) is 1.30. The second-order valence-corrected chi connectivity index (χ2v) is 5.06. The van der Waals surface area contributed by atoms with E-state index in [0.29, 0.717) is 5.76 Å². The molecule has 90 valence electrons. The lowest BCUT2D eigenvalue weighted by atomic mass is 10.1. The number of para-hydroxylation sites is 1. The van der Waals surface area contributed by atoms with Crippen LogP contribution in [0.25, 0.3) is 6.08 Å². The van der Waals surface area contributed by atoms with E-state index in [2.05, 4.69) is 15.9 Å². The Morgan fingerprint density at radius 3 is 2.50 bits per heavy atom. The number of aliphatic hydroxyl groups is 1. The average molecular weight is 303 g/mol. The maximum atomic E-state index is 10.2. The summed E-state index contributed by atoms with van der Waals surface area (Å²) in [7, 11) is 0. The van der Waals surface area contributed by atoms with E-state index in [-0.39, 0.29) is 0 Å². The zero-order valence-electron chi connectivity index (χ0n) is 9.51. The molecule has 0 radical (unpaired) electrons. The molecule has 2 aromatic rings. The fourth-order valence-corrected chi connectivity index (χ4v) is 2.23. The van der Waals surface area contributed by atoms with Crippen LogP contribution >= 0.6 is 15.9 Å². The van der Waals surface area contributed by atoms with Crippen LogP contribution in [0.5, 0.6) is 5.75 Å². The Bertz CT molecular complexity index is 602. The summed E-state index contributed by atoms with van der Waals surface area (Å²) in [6.45, 7) is 0. The summed E-state index contributed by atoms with van der Waals surface area (Å²) < 4.78 is 6.68. The lowest BCUT2D eigenvalue weighted by Crippen LogP contribution is -1.96. The van der Waals surface area contributed by atoms with E-state index in [1.165, 1.54) is 0 Å². The van der Waals surface area contributed by atoms with Crippen molar-refractivity contribution in [2.75, 3.05) is 0 Å². The molecule has 1 N–H and O–H groups in total. The van der Waals surface area contributed by atoms with Crippen molar-refractivity contribution in [3.05, 3.63) is 69.9 Å². The molecule has 0 aliphatic carbocycles. The summed E-state index contributed by atoms with van der Waals surface area (Å²) in [5, 5.41) is 10.2. The van der Waals surface area contributed by atoms with Gasteiger partial charge in [0.1, 0.15) is 17.6 Å². The van der Waals surface area contributed by atoms with Crippen molar-refractivity contribution >= 4 is 22.0 Å². The van der Waals surface area contributed by atoms with Gasteiger partial charge in [-0.05, 0) is 29.8 Å². The predicted molar refractivity (Wildman–Crippen MR) is 74.1 cm³/mol. The van der Waals surface area contributed by atoms with Crippen LogP contribution in [-0.4, -0.2) is 5.11 Å². The van der Waals surface area contributed by atoms with Gasteiger partial charge in [0.05, 0.1) is 0 Å². The van der Waals surface area contributed by atoms with Crippen LogP contribution in [-0.2, 0) is 0 Å². The van der Waals surface area contributed by atoms with Gasteiger partial charge in [0, 0.05) is 10.0 Å². The third kappa shape index (κ3) is 2.07. The van der Waals surface area contributed by atoms with E-state index >= 15 is 0 Å². The minimum Gasteiger partial charge on any atom is -0.458 e. The molecular weight excluding hydrogens is 292 g/mol. The van der Waals surface area contributed by atoms with E-state index in [0.717, 1.165) is 21.3 Å². The third-order valence-corrected chi connectivity index (χ3v) is 3.42. The third-order valence-electron chi connectivity index (χ3n) is 2.89. The number of rotatable bonds is 1. The van der Waals surface area contributed by atoms with E-state index < -0.39 is 6.10 Å². The van der Waals surface area contributed by atoms with Crippen LogP contribution < -0.4 is 4.74 Å². The highest BCUT2D eigenvalue weighted by Gasteiger charge is 2.26. The molecule has 0 bridgehead atoms. The van der Waals surface area contributed by atoms with E-state index in [9.17, 15) is 5.11 Å². The molecule has 1 aliphatic heterocycles. The van der Waals surface area contributed by atoms with Gasteiger partial charge in [-0.1, -0.05) is 46.3 Å². The zero-order valence-corrected chi connectivity index (χ0v) is 11.1. The van der Waals surface area contributed by atoms with Crippen molar-refractivity contribution in [2.45, 2.75) is 6.10 Å². The van der Waals surface area contributed by atoms with Crippen molar-refractivity contribution in [1.29, 1.82) is 0 Å². The molecule has 1 heterocycles. The second-order valence-electron chi connectivity index (χ2n) is 4.14. The molecule has 3 rings (SSSR count). The number of aliphatic hydroxyl groups excluding tert-OH is 1. The average Bonchev–Trinajstić information content (AvgIpc) is 2.70. The smallest absolute Gasteiger partial charge is 0.140 e. The van der Waals surface area contributed by atoms with Crippen molar-refractivity contribution in [1.82, 2.24) is 0 Å². The van der Waals surface area contributed by atoms with Crippen LogP contribution in [0.15, 0.2) is 58.8 Å². The minimum atomic E-state index is -0.676. The zero-order chi connectivity index (χ0) is 12.5. The Morgan fingerprint density at radius 1 is 1.06 bits per heavy atom. The van der Waals surface area contributed by atoms with Gasteiger partial charge in [-0.15, -0.1) is 0 Å². The largest absolute Gasteiger partial charge is 0.458 e. The molecule has 1 atom stereocenters. The first-order valence-corrected chi connectivity index (χ1v) is 6.45. The van der Waals surface area contributed by atoms with Crippen LogP contribution in [0.3, 0.4) is 0 Å².